The number of amides is 1. The molecule has 0 N–H and O–H groups in total. The molecule has 1 aromatic heterocycles. The Bertz CT molecular complexity index is 1400. The van der Waals surface area contributed by atoms with E-state index in [1.807, 2.05) is 0 Å². The van der Waals surface area contributed by atoms with Crippen LogP contribution in [-0.2, 0) is 25.9 Å². The second-order valence-corrected chi connectivity index (χ2v) is 10.5. The smallest absolute Gasteiger partial charge is 0.338 e. The molecule has 0 aliphatic rings. The van der Waals surface area contributed by atoms with E-state index in [9.17, 15) is 18.0 Å². The molecule has 3 aromatic rings. The number of hydrogen-bond acceptors (Lipinski definition) is 6. The van der Waals surface area contributed by atoms with Crippen LogP contribution in [-0.4, -0.2) is 37.2 Å². The monoisotopic (exact) mass is 504 g/mol. The minimum Gasteiger partial charge on any atom is -0.462 e. The third-order valence-corrected chi connectivity index (χ3v) is 7.75. The van der Waals surface area contributed by atoms with Gasteiger partial charge in [-0.3, -0.25) is 4.79 Å². The Morgan fingerprint density at radius 1 is 1.21 bits per heavy atom. The number of benzene rings is 2. The van der Waals surface area contributed by atoms with Gasteiger partial charge in [0.25, 0.3) is 0 Å². The zero-order valence-corrected chi connectivity index (χ0v) is 20.2. The molecule has 0 saturated heterocycles. The van der Waals surface area contributed by atoms with E-state index in [0.717, 1.165) is 10.2 Å². The Morgan fingerprint density at radius 3 is 2.61 bits per heavy atom. The number of terminal acetylenes is 1. The molecule has 0 fully saturated rings. The first kappa shape index (κ1) is 24.7. The third kappa shape index (κ3) is 6.11. The summed E-state index contributed by atoms with van der Waals surface area (Å²) in [7, 11) is -3.53. The number of sulfone groups is 1. The number of hydrogen-bond donors (Lipinski definition) is 0. The number of thiazole rings is 1. The number of rotatable bonds is 8. The highest BCUT2D eigenvalue weighted by atomic mass is 35.5. The molecule has 1 heterocycles. The van der Waals surface area contributed by atoms with Crippen LogP contribution in [0, 0.1) is 12.3 Å². The zero-order chi connectivity index (χ0) is 24.0. The van der Waals surface area contributed by atoms with Crippen molar-refractivity contribution >= 4 is 54.9 Å². The van der Waals surface area contributed by atoms with Gasteiger partial charge in [-0.1, -0.05) is 28.9 Å². The topological polar surface area (TPSA) is 94.8 Å². The Hall–Kier alpha value is -2.93. The fourth-order valence-corrected chi connectivity index (χ4v) is 5.60. The molecular weight excluding hydrogens is 484 g/mol. The van der Waals surface area contributed by atoms with Gasteiger partial charge in [0, 0.05) is 11.4 Å². The van der Waals surface area contributed by atoms with Crippen LogP contribution in [0.15, 0.2) is 52.4 Å². The van der Waals surface area contributed by atoms with Crippen molar-refractivity contribution in [1.29, 1.82) is 0 Å². The molecule has 1 amide bonds. The minimum atomic E-state index is -3.53. The van der Waals surface area contributed by atoms with Crippen molar-refractivity contribution in [3.63, 3.8) is 0 Å². The van der Waals surface area contributed by atoms with Crippen molar-refractivity contribution in [2.75, 3.05) is 12.4 Å². The van der Waals surface area contributed by atoms with Crippen LogP contribution in [0.3, 0.4) is 0 Å². The first-order valence-corrected chi connectivity index (χ1v) is 12.9. The van der Waals surface area contributed by atoms with Gasteiger partial charge in [-0.25, -0.2) is 13.2 Å². The van der Waals surface area contributed by atoms with Crippen LogP contribution in [0.2, 0.25) is 5.02 Å². The predicted octanol–water partition coefficient (Wildman–Crippen LogP) is 3.85. The van der Waals surface area contributed by atoms with Crippen LogP contribution in [0.1, 0.15) is 30.1 Å². The lowest BCUT2D eigenvalue weighted by molar-refractivity contribution is -0.118. The van der Waals surface area contributed by atoms with Gasteiger partial charge in [-0.15, -0.1) is 6.42 Å². The summed E-state index contributed by atoms with van der Waals surface area (Å²) in [4.78, 5) is 29.2. The molecule has 10 heteroatoms. The number of esters is 1. The maximum Gasteiger partial charge on any atom is 0.338 e. The summed E-state index contributed by atoms with van der Waals surface area (Å²) in [5.74, 6) is 1.46. The highest BCUT2D eigenvalue weighted by molar-refractivity contribution is 7.91. The van der Waals surface area contributed by atoms with Gasteiger partial charge in [-0.2, -0.15) is 4.99 Å². The van der Waals surface area contributed by atoms with Gasteiger partial charge in [0.05, 0.1) is 39.6 Å². The zero-order valence-electron chi connectivity index (χ0n) is 17.8. The van der Waals surface area contributed by atoms with E-state index in [4.69, 9.17) is 22.8 Å². The second-order valence-electron chi connectivity index (χ2n) is 6.96. The molecule has 0 radical (unpaired) electrons. The van der Waals surface area contributed by atoms with Crippen LogP contribution >= 0.6 is 22.9 Å². The van der Waals surface area contributed by atoms with Gasteiger partial charge < -0.3 is 9.30 Å². The lowest BCUT2D eigenvalue weighted by Crippen LogP contribution is -2.17. The molecule has 2 aromatic carbocycles. The van der Waals surface area contributed by atoms with Gasteiger partial charge >= 0.3 is 5.97 Å². The maximum atomic E-state index is 12.5. The molecule has 0 aliphatic heterocycles. The third-order valence-electron chi connectivity index (χ3n) is 4.64. The van der Waals surface area contributed by atoms with E-state index < -0.39 is 21.7 Å². The van der Waals surface area contributed by atoms with Gasteiger partial charge in [-0.05, 0) is 55.8 Å². The lowest BCUT2D eigenvalue weighted by Gasteiger charge is -2.04. The Balaban J connectivity index is 1.78. The molecule has 0 aliphatic carbocycles. The summed E-state index contributed by atoms with van der Waals surface area (Å²) in [5, 5.41) is 0.445. The first-order chi connectivity index (χ1) is 15.7. The Kier molecular flexibility index (Phi) is 8.08. The number of carbonyl (C=O) groups excluding carboxylic acids is 2. The van der Waals surface area contributed by atoms with E-state index in [2.05, 4.69) is 10.9 Å². The molecule has 7 nitrogen and oxygen atoms in total. The number of nitrogens with zero attached hydrogens (tertiary/aromatic N) is 2. The van der Waals surface area contributed by atoms with Crippen LogP contribution < -0.4 is 4.80 Å². The second kappa shape index (κ2) is 10.8. The van der Waals surface area contributed by atoms with Crippen molar-refractivity contribution in [1.82, 2.24) is 4.57 Å². The molecule has 0 saturated carbocycles. The molecule has 33 heavy (non-hydrogen) atoms. The summed E-state index contributed by atoms with van der Waals surface area (Å²) < 4.78 is 32.3. The van der Waals surface area contributed by atoms with Crippen LogP contribution in [0.25, 0.3) is 10.2 Å². The quantitative estimate of drug-likeness (QED) is 0.343. The molecular formula is C23H21ClN2O5S2. The van der Waals surface area contributed by atoms with Gasteiger partial charge in [0.1, 0.15) is 0 Å². The van der Waals surface area contributed by atoms with E-state index in [-0.39, 0.29) is 36.6 Å². The normalized spacial score (nSPS) is 12.0. The number of ether oxygens (including phenoxy) is 1. The van der Waals surface area contributed by atoms with Crippen LogP contribution in [0.4, 0.5) is 0 Å². The van der Waals surface area contributed by atoms with Crippen molar-refractivity contribution < 1.29 is 22.7 Å². The highest BCUT2D eigenvalue weighted by Crippen LogP contribution is 2.20. The summed E-state index contributed by atoms with van der Waals surface area (Å²) >= 11 is 7.02. The average molecular weight is 505 g/mol. The van der Waals surface area contributed by atoms with E-state index in [1.54, 1.807) is 29.7 Å². The molecule has 0 spiro atoms. The van der Waals surface area contributed by atoms with E-state index >= 15 is 0 Å². The summed E-state index contributed by atoms with van der Waals surface area (Å²) in [6.45, 7) is 2.18. The first-order valence-electron chi connectivity index (χ1n) is 10.0. The summed E-state index contributed by atoms with van der Waals surface area (Å²) in [6.07, 6.45) is 5.57. The van der Waals surface area contributed by atoms with Crippen molar-refractivity contribution in [3.8, 4) is 12.3 Å². The lowest BCUT2D eigenvalue weighted by atomic mass is 10.2. The molecule has 0 atom stereocenters. The Labute approximate surface area is 200 Å². The van der Waals surface area contributed by atoms with Gasteiger partial charge in [0.15, 0.2) is 14.6 Å². The number of aromatic nitrogens is 1. The number of fused-ring (bicyclic) bond motifs is 1. The summed E-state index contributed by atoms with van der Waals surface area (Å²) in [6, 6.07) is 10.9. The number of halogens is 1. The Morgan fingerprint density at radius 2 is 1.94 bits per heavy atom. The average Bonchev–Trinajstić information content (AvgIpc) is 3.10. The molecule has 0 bridgehead atoms. The van der Waals surface area contributed by atoms with Gasteiger partial charge in [0.2, 0.25) is 5.91 Å². The van der Waals surface area contributed by atoms with E-state index in [1.165, 1.54) is 35.6 Å². The SMILES string of the molecule is C#CCn1c(=NC(=O)CCCS(=O)(=O)c2ccc(Cl)cc2)sc2cc(C(=O)OCC)ccc21. The predicted molar refractivity (Wildman–Crippen MR) is 128 cm³/mol. The fraction of sp³-hybridized carbons (Fsp3) is 0.261. The number of carbonyl (C=O) groups is 2. The van der Waals surface area contributed by atoms with Crippen molar-refractivity contribution in [2.45, 2.75) is 31.2 Å². The standard InChI is InChI=1S/C23H21ClN2O5S2/c1-3-13-26-19-12-7-16(22(28)31-4-2)15-20(19)32-23(26)25-21(27)6-5-14-33(29,30)18-10-8-17(24)9-11-18/h1,7-12,15H,4-6,13-14H2,2H3. The van der Waals surface area contributed by atoms with E-state index in [0.29, 0.717) is 15.4 Å². The van der Waals surface area contributed by atoms with Crippen molar-refractivity contribution in [3.05, 3.63) is 57.9 Å². The maximum absolute atomic E-state index is 12.5. The largest absolute Gasteiger partial charge is 0.462 e. The summed E-state index contributed by atoms with van der Waals surface area (Å²) in [5.41, 5.74) is 1.13. The van der Waals surface area contributed by atoms with Crippen molar-refractivity contribution in [2.24, 2.45) is 4.99 Å². The highest BCUT2D eigenvalue weighted by Gasteiger charge is 2.16. The fourth-order valence-electron chi connectivity index (χ4n) is 3.08. The minimum absolute atomic E-state index is 0.0365. The molecule has 172 valence electrons. The molecule has 3 rings (SSSR count). The molecule has 0 unspecified atom stereocenters. The van der Waals surface area contributed by atoms with Crippen LogP contribution in [0.5, 0.6) is 0 Å².